The molecule has 98 valence electrons. The highest BCUT2D eigenvalue weighted by atomic mass is 32.1. The Hall–Kier alpha value is -1.43. The van der Waals surface area contributed by atoms with Gasteiger partial charge in [-0.25, -0.2) is 4.98 Å². The van der Waals surface area contributed by atoms with Crippen LogP contribution in [0, 0.1) is 0 Å². The van der Waals surface area contributed by atoms with Gasteiger partial charge in [-0.15, -0.1) is 11.3 Å². The Morgan fingerprint density at radius 2 is 2.33 bits per heavy atom. The molecule has 2 heterocycles. The van der Waals surface area contributed by atoms with Gasteiger partial charge in [0.25, 0.3) is 5.91 Å². The van der Waals surface area contributed by atoms with Crippen LogP contribution < -0.4 is 0 Å². The molecule has 1 aromatic rings. The molecule has 1 aliphatic heterocycles. The number of aliphatic carboxylic acids is 1. The number of rotatable bonds is 5. The molecule has 0 bridgehead atoms. The van der Waals surface area contributed by atoms with Crippen LogP contribution in [0.25, 0.3) is 0 Å². The summed E-state index contributed by atoms with van der Waals surface area (Å²) in [6, 6.07) is 0. The Kier molecular flexibility index (Phi) is 3.96. The molecule has 0 saturated carbocycles. The second-order valence-electron chi connectivity index (χ2n) is 4.32. The van der Waals surface area contributed by atoms with Gasteiger partial charge in [-0.2, -0.15) is 0 Å². The van der Waals surface area contributed by atoms with Crippen molar-refractivity contribution >= 4 is 23.2 Å². The average Bonchev–Trinajstić information content (AvgIpc) is 2.74. The Bertz CT molecular complexity index is 470. The van der Waals surface area contributed by atoms with Gasteiger partial charge < -0.3 is 10.0 Å². The number of thiazole rings is 1. The van der Waals surface area contributed by atoms with E-state index in [4.69, 9.17) is 5.11 Å². The second kappa shape index (κ2) is 5.48. The summed E-state index contributed by atoms with van der Waals surface area (Å²) in [7, 11) is 0. The zero-order chi connectivity index (χ0) is 13.1. The van der Waals surface area contributed by atoms with Gasteiger partial charge in [-0.05, 0) is 6.42 Å². The fraction of sp³-hybridized carbons (Fsp3) is 0.583. The van der Waals surface area contributed by atoms with Crippen LogP contribution in [-0.2, 0) is 17.6 Å². The molecule has 1 N–H and O–H groups in total. The van der Waals surface area contributed by atoms with Gasteiger partial charge in [-0.1, -0.05) is 6.92 Å². The number of aryl methyl sites for hydroxylation is 1. The molecule has 0 spiro atoms. The summed E-state index contributed by atoms with van der Waals surface area (Å²) in [5.41, 5.74) is 0.845. The van der Waals surface area contributed by atoms with E-state index in [0.717, 1.165) is 36.6 Å². The summed E-state index contributed by atoms with van der Waals surface area (Å²) >= 11 is 1.35. The zero-order valence-electron chi connectivity index (χ0n) is 10.3. The number of carbonyl (C=O) groups excluding carboxylic acids is 1. The van der Waals surface area contributed by atoms with Crippen molar-refractivity contribution in [3.63, 3.8) is 0 Å². The number of aromatic nitrogens is 1. The first-order valence-electron chi connectivity index (χ1n) is 6.11. The highest BCUT2D eigenvalue weighted by Gasteiger charge is 2.27. The normalized spacial score (nSPS) is 14.7. The SMILES string of the molecule is CCCN1CCc2nc(CCC(=O)O)sc2C1=O. The number of carbonyl (C=O) groups is 2. The van der Waals surface area contributed by atoms with E-state index < -0.39 is 5.97 Å². The van der Waals surface area contributed by atoms with Crippen LogP contribution in [0.15, 0.2) is 0 Å². The Labute approximate surface area is 109 Å². The van der Waals surface area contributed by atoms with Crippen molar-refractivity contribution < 1.29 is 14.7 Å². The summed E-state index contributed by atoms with van der Waals surface area (Å²) < 4.78 is 0. The molecule has 0 aromatic carbocycles. The quantitative estimate of drug-likeness (QED) is 0.880. The molecule has 0 aliphatic carbocycles. The van der Waals surface area contributed by atoms with Crippen molar-refractivity contribution in [1.82, 2.24) is 9.88 Å². The molecular weight excluding hydrogens is 252 g/mol. The van der Waals surface area contributed by atoms with Gasteiger partial charge in [0.1, 0.15) is 4.88 Å². The summed E-state index contributed by atoms with van der Waals surface area (Å²) in [5, 5.41) is 9.40. The molecule has 0 saturated heterocycles. The lowest BCUT2D eigenvalue weighted by Gasteiger charge is -2.25. The molecule has 0 unspecified atom stereocenters. The number of hydrogen-bond donors (Lipinski definition) is 1. The fourth-order valence-electron chi connectivity index (χ4n) is 2.03. The molecule has 0 atom stereocenters. The number of hydrogen-bond acceptors (Lipinski definition) is 4. The summed E-state index contributed by atoms with van der Waals surface area (Å²) in [6.45, 7) is 3.55. The molecule has 1 amide bonds. The van der Waals surface area contributed by atoms with Crippen LogP contribution in [0.3, 0.4) is 0 Å². The molecule has 0 fully saturated rings. The van der Waals surface area contributed by atoms with E-state index >= 15 is 0 Å². The highest BCUT2D eigenvalue weighted by molar-refractivity contribution is 7.13. The number of nitrogens with zero attached hydrogens (tertiary/aromatic N) is 2. The van der Waals surface area contributed by atoms with E-state index in [9.17, 15) is 9.59 Å². The molecule has 18 heavy (non-hydrogen) atoms. The fourth-order valence-corrected chi connectivity index (χ4v) is 3.10. The standard InChI is InChI=1S/C12H16N2O3S/c1-2-6-14-7-5-8-11(12(14)17)18-9(13-8)3-4-10(15)16/h2-7H2,1H3,(H,15,16). The van der Waals surface area contributed by atoms with Crippen molar-refractivity contribution in [2.75, 3.05) is 13.1 Å². The third-order valence-electron chi connectivity index (χ3n) is 2.89. The van der Waals surface area contributed by atoms with E-state index in [1.807, 2.05) is 11.8 Å². The Morgan fingerprint density at radius 3 is 3.00 bits per heavy atom. The van der Waals surface area contributed by atoms with Crippen LogP contribution in [-0.4, -0.2) is 40.0 Å². The van der Waals surface area contributed by atoms with E-state index in [2.05, 4.69) is 4.98 Å². The first kappa shape index (κ1) is 13.0. The summed E-state index contributed by atoms with van der Waals surface area (Å²) in [6.07, 6.45) is 2.21. The van der Waals surface area contributed by atoms with E-state index in [1.165, 1.54) is 11.3 Å². The van der Waals surface area contributed by atoms with Crippen molar-refractivity contribution in [1.29, 1.82) is 0 Å². The van der Waals surface area contributed by atoms with Crippen LogP contribution in [0.2, 0.25) is 0 Å². The van der Waals surface area contributed by atoms with Gasteiger partial charge in [0, 0.05) is 25.9 Å². The largest absolute Gasteiger partial charge is 0.481 e. The number of carboxylic acids is 1. The van der Waals surface area contributed by atoms with Gasteiger partial charge in [-0.3, -0.25) is 9.59 Å². The summed E-state index contributed by atoms with van der Waals surface area (Å²) in [5.74, 6) is -0.778. The minimum absolute atomic E-state index is 0.0529. The Morgan fingerprint density at radius 1 is 1.56 bits per heavy atom. The highest BCUT2D eigenvalue weighted by Crippen LogP contribution is 2.26. The smallest absolute Gasteiger partial charge is 0.303 e. The lowest BCUT2D eigenvalue weighted by atomic mass is 10.1. The molecule has 1 aromatic heterocycles. The number of amides is 1. The predicted molar refractivity (Wildman–Crippen MR) is 68.0 cm³/mol. The third kappa shape index (κ3) is 2.69. The average molecular weight is 268 g/mol. The Balaban J connectivity index is 2.11. The van der Waals surface area contributed by atoms with Crippen LogP contribution in [0.1, 0.15) is 40.1 Å². The number of carboxylic acid groups (broad SMARTS) is 1. The van der Waals surface area contributed by atoms with Gasteiger partial charge in [0.2, 0.25) is 0 Å². The molecule has 1 aliphatic rings. The maximum absolute atomic E-state index is 12.1. The monoisotopic (exact) mass is 268 g/mol. The van der Waals surface area contributed by atoms with Gasteiger partial charge >= 0.3 is 5.97 Å². The van der Waals surface area contributed by atoms with Crippen LogP contribution in [0.5, 0.6) is 0 Å². The van der Waals surface area contributed by atoms with Gasteiger partial charge in [0.15, 0.2) is 0 Å². The maximum atomic E-state index is 12.1. The lowest BCUT2D eigenvalue weighted by molar-refractivity contribution is -0.136. The second-order valence-corrected chi connectivity index (χ2v) is 5.40. The van der Waals surface area contributed by atoms with E-state index in [0.29, 0.717) is 11.3 Å². The zero-order valence-corrected chi connectivity index (χ0v) is 11.1. The van der Waals surface area contributed by atoms with Gasteiger partial charge in [0.05, 0.1) is 17.1 Å². The van der Waals surface area contributed by atoms with Crippen LogP contribution in [0.4, 0.5) is 0 Å². The van der Waals surface area contributed by atoms with E-state index in [1.54, 1.807) is 0 Å². The molecule has 6 heteroatoms. The first-order chi connectivity index (χ1) is 8.61. The first-order valence-corrected chi connectivity index (χ1v) is 6.93. The van der Waals surface area contributed by atoms with Crippen molar-refractivity contribution in [2.24, 2.45) is 0 Å². The summed E-state index contributed by atoms with van der Waals surface area (Å²) in [4.78, 5) is 29.6. The lowest BCUT2D eigenvalue weighted by Crippen LogP contribution is -2.37. The van der Waals surface area contributed by atoms with Crippen LogP contribution >= 0.6 is 11.3 Å². The third-order valence-corrected chi connectivity index (χ3v) is 4.03. The molecule has 0 radical (unpaired) electrons. The van der Waals surface area contributed by atoms with E-state index in [-0.39, 0.29) is 12.3 Å². The maximum Gasteiger partial charge on any atom is 0.303 e. The van der Waals surface area contributed by atoms with Crippen molar-refractivity contribution in [3.8, 4) is 0 Å². The number of fused-ring (bicyclic) bond motifs is 1. The molecule has 5 nitrogen and oxygen atoms in total. The topological polar surface area (TPSA) is 70.5 Å². The minimum Gasteiger partial charge on any atom is -0.481 e. The molecular formula is C12H16N2O3S. The van der Waals surface area contributed by atoms with Crippen molar-refractivity contribution in [3.05, 3.63) is 15.6 Å². The van der Waals surface area contributed by atoms with Crippen molar-refractivity contribution in [2.45, 2.75) is 32.6 Å². The molecule has 2 rings (SSSR count). The predicted octanol–water partition coefficient (Wildman–Crippen LogP) is 1.57. The minimum atomic E-state index is -0.831.